The van der Waals surface area contributed by atoms with Gasteiger partial charge in [-0.25, -0.2) is 14.8 Å². The van der Waals surface area contributed by atoms with Gasteiger partial charge in [0.15, 0.2) is 5.13 Å². The number of carbonyl (C=O) groups excluding carboxylic acids is 1. The van der Waals surface area contributed by atoms with Gasteiger partial charge in [0.2, 0.25) is 0 Å². The van der Waals surface area contributed by atoms with Crippen molar-refractivity contribution in [2.45, 2.75) is 59.0 Å². The molecule has 1 fully saturated rings. The molecule has 1 N–H and O–H groups in total. The second-order valence-electron chi connectivity index (χ2n) is 6.08. The quantitative estimate of drug-likeness (QED) is 0.909. The van der Waals surface area contributed by atoms with Crippen LogP contribution < -0.4 is 5.32 Å². The van der Waals surface area contributed by atoms with Crippen LogP contribution in [0.3, 0.4) is 0 Å². The molecular formula is C17H25N5OS. The normalized spacial score (nSPS) is 18.0. The molecule has 0 bridgehead atoms. The lowest BCUT2D eigenvalue weighted by Crippen LogP contribution is -2.42. The number of nitrogens with zero attached hydrogens (tertiary/aromatic N) is 4. The van der Waals surface area contributed by atoms with Gasteiger partial charge in [0.1, 0.15) is 5.82 Å². The van der Waals surface area contributed by atoms with Gasteiger partial charge < -0.3 is 9.47 Å². The maximum absolute atomic E-state index is 12.8. The number of hydrogen-bond donors (Lipinski definition) is 1. The number of amides is 2. The molecule has 1 aliphatic rings. The number of hydrogen-bond acceptors (Lipinski definition) is 4. The number of piperidine rings is 1. The highest BCUT2D eigenvalue weighted by Gasteiger charge is 2.31. The Morgan fingerprint density at radius 3 is 2.96 bits per heavy atom. The molecule has 3 heterocycles. The number of carbonyl (C=O) groups is 1. The zero-order chi connectivity index (χ0) is 17.1. The van der Waals surface area contributed by atoms with Crippen LogP contribution >= 0.6 is 11.3 Å². The van der Waals surface area contributed by atoms with Crippen LogP contribution in [0.15, 0.2) is 12.4 Å². The fourth-order valence-corrected chi connectivity index (χ4v) is 4.19. The number of imidazole rings is 1. The zero-order valence-corrected chi connectivity index (χ0v) is 15.4. The highest BCUT2D eigenvalue weighted by molar-refractivity contribution is 7.15. The first-order valence-electron chi connectivity index (χ1n) is 8.69. The van der Waals surface area contributed by atoms with Crippen LogP contribution in [0, 0.1) is 6.92 Å². The maximum atomic E-state index is 12.8. The van der Waals surface area contributed by atoms with Gasteiger partial charge in [0, 0.05) is 30.4 Å². The van der Waals surface area contributed by atoms with E-state index in [1.54, 1.807) is 11.3 Å². The van der Waals surface area contributed by atoms with Crippen LogP contribution in [0.1, 0.15) is 55.5 Å². The molecule has 1 saturated heterocycles. The first-order valence-corrected chi connectivity index (χ1v) is 9.50. The standard InChI is InChI=1S/C17H25N5OS/c1-4-13-12(3)24-16(19-13)20-17(23)22-10-7-6-8-14(22)15-18-9-11-21(15)5-2/h9,11,14H,4-8,10H2,1-3H3,(H,19,20,23). The summed E-state index contributed by atoms with van der Waals surface area (Å²) in [6.07, 6.45) is 7.81. The lowest BCUT2D eigenvalue weighted by Gasteiger charge is -2.35. The van der Waals surface area contributed by atoms with E-state index in [0.717, 1.165) is 50.3 Å². The molecule has 3 rings (SSSR count). The van der Waals surface area contributed by atoms with E-state index in [9.17, 15) is 4.79 Å². The molecular weight excluding hydrogens is 322 g/mol. The predicted molar refractivity (Wildman–Crippen MR) is 96.4 cm³/mol. The number of aryl methyl sites for hydroxylation is 3. The Morgan fingerprint density at radius 1 is 1.42 bits per heavy atom. The van der Waals surface area contributed by atoms with Crippen molar-refractivity contribution in [3.63, 3.8) is 0 Å². The minimum atomic E-state index is -0.0678. The van der Waals surface area contributed by atoms with Gasteiger partial charge in [0.05, 0.1) is 11.7 Å². The number of thiazole rings is 1. The molecule has 1 atom stereocenters. The summed E-state index contributed by atoms with van der Waals surface area (Å²) in [6, 6.07) is -0.0258. The number of rotatable bonds is 4. The average Bonchev–Trinajstić information content (AvgIpc) is 3.20. The molecule has 7 heteroatoms. The molecule has 0 spiro atoms. The van der Waals surface area contributed by atoms with Crippen molar-refractivity contribution < 1.29 is 4.79 Å². The molecule has 1 unspecified atom stereocenters. The van der Waals surface area contributed by atoms with E-state index in [1.165, 1.54) is 4.88 Å². The second kappa shape index (κ2) is 7.34. The molecule has 2 aromatic heterocycles. The average molecular weight is 347 g/mol. The third kappa shape index (κ3) is 3.31. The smallest absolute Gasteiger partial charge is 0.324 e. The van der Waals surface area contributed by atoms with Crippen LogP contribution in [-0.4, -0.2) is 32.0 Å². The molecule has 130 valence electrons. The molecule has 0 aromatic carbocycles. The third-order valence-corrected chi connectivity index (χ3v) is 5.52. The van der Waals surface area contributed by atoms with E-state index in [-0.39, 0.29) is 12.1 Å². The number of likely N-dealkylation sites (tertiary alicyclic amines) is 1. The predicted octanol–water partition coefficient (Wildman–Crippen LogP) is 3.99. The first kappa shape index (κ1) is 17.0. The van der Waals surface area contributed by atoms with Crippen molar-refractivity contribution in [1.29, 1.82) is 0 Å². The molecule has 0 radical (unpaired) electrons. The molecule has 6 nitrogen and oxygen atoms in total. The van der Waals surface area contributed by atoms with E-state index in [4.69, 9.17) is 0 Å². The highest BCUT2D eigenvalue weighted by Crippen LogP contribution is 2.31. The van der Waals surface area contributed by atoms with Crippen LogP contribution in [0.5, 0.6) is 0 Å². The highest BCUT2D eigenvalue weighted by atomic mass is 32.1. The van der Waals surface area contributed by atoms with E-state index in [0.29, 0.717) is 5.13 Å². The molecule has 24 heavy (non-hydrogen) atoms. The van der Waals surface area contributed by atoms with Gasteiger partial charge in [-0.15, -0.1) is 11.3 Å². The van der Waals surface area contributed by atoms with Crippen molar-refractivity contribution >= 4 is 22.5 Å². The van der Waals surface area contributed by atoms with Gasteiger partial charge in [-0.1, -0.05) is 6.92 Å². The summed E-state index contributed by atoms with van der Waals surface area (Å²) in [5.74, 6) is 0.983. The topological polar surface area (TPSA) is 63.1 Å². The minimum Gasteiger partial charge on any atom is -0.333 e. The summed E-state index contributed by atoms with van der Waals surface area (Å²) in [5, 5.41) is 3.69. The number of anilines is 1. The summed E-state index contributed by atoms with van der Waals surface area (Å²) < 4.78 is 2.12. The fourth-order valence-electron chi connectivity index (χ4n) is 3.30. The van der Waals surface area contributed by atoms with Crippen LogP contribution in [0.4, 0.5) is 9.93 Å². The summed E-state index contributed by atoms with van der Waals surface area (Å²) in [7, 11) is 0. The van der Waals surface area contributed by atoms with Gasteiger partial charge in [-0.3, -0.25) is 5.32 Å². The zero-order valence-electron chi connectivity index (χ0n) is 14.6. The molecule has 0 aliphatic carbocycles. The van der Waals surface area contributed by atoms with Gasteiger partial charge in [-0.2, -0.15) is 0 Å². The molecule has 0 saturated carbocycles. The summed E-state index contributed by atoms with van der Waals surface area (Å²) in [6.45, 7) is 7.86. The monoisotopic (exact) mass is 347 g/mol. The van der Waals surface area contributed by atoms with Crippen LogP contribution in [-0.2, 0) is 13.0 Å². The summed E-state index contributed by atoms with van der Waals surface area (Å²) in [5.41, 5.74) is 1.06. The Bertz CT molecular complexity index is 708. The van der Waals surface area contributed by atoms with Gasteiger partial charge >= 0.3 is 6.03 Å². The van der Waals surface area contributed by atoms with Crippen LogP contribution in [0.2, 0.25) is 0 Å². The molecule has 1 aliphatic heterocycles. The summed E-state index contributed by atoms with van der Waals surface area (Å²) in [4.78, 5) is 24.9. The van der Waals surface area contributed by atoms with Crippen molar-refractivity contribution in [2.24, 2.45) is 0 Å². The maximum Gasteiger partial charge on any atom is 0.324 e. The van der Waals surface area contributed by atoms with Crippen LogP contribution in [0.25, 0.3) is 0 Å². The third-order valence-electron chi connectivity index (χ3n) is 4.59. The van der Waals surface area contributed by atoms with Crippen molar-refractivity contribution in [2.75, 3.05) is 11.9 Å². The Kier molecular flexibility index (Phi) is 5.18. The molecule has 2 aromatic rings. The van der Waals surface area contributed by atoms with E-state index in [1.807, 2.05) is 24.2 Å². The fraction of sp³-hybridized carbons (Fsp3) is 0.588. The number of aromatic nitrogens is 3. The van der Waals surface area contributed by atoms with E-state index >= 15 is 0 Å². The van der Waals surface area contributed by atoms with Gasteiger partial charge in [0.25, 0.3) is 0 Å². The largest absolute Gasteiger partial charge is 0.333 e. The van der Waals surface area contributed by atoms with Crippen molar-refractivity contribution in [1.82, 2.24) is 19.4 Å². The van der Waals surface area contributed by atoms with E-state index < -0.39 is 0 Å². The first-order chi connectivity index (χ1) is 11.6. The SMILES string of the molecule is CCc1nc(NC(=O)N2CCCCC2c2nccn2CC)sc1C. The second-order valence-corrected chi connectivity index (χ2v) is 7.29. The lowest BCUT2D eigenvalue weighted by atomic mass is 10.0. The van der Waals surface area contributed by atoms with E-state index in [2.05, 4.69) is 33.7 Å². The lowest BCUT2D eigenvalue weighted by molar-refractivity contribution is 0.157. The number of nitrogens with one attached hydrogen (secondary N) is 1. The Labute approximate surface area is 146 Å². The number of urea groups is 1. The summed E-state index contributed by atoms with van der Waals surface area (Å²) >= 11 is 1.55. The Morgan fingerprint density at radius 2 is 2.25 bits per heavy atom. The van der Waals surface area contributed by atoms with Crippen molar-refractivity contribution in [3.05, 3.63) is 28.8 Å². The van der Waals surface area contributed by atoms with Gasteiger partial charge in [-0.05, 0) is 39.5 Å². The van der Waals surface area contributed by atoms with Crippen molar-refractivity contribution in [3.8, 4) is 0 Å². The minimum absolute atomic E-state index is 0.0420. The Balaban J connectivity index is 1.78. The molecule has 2 amide bonds. The Hall–Kier alpha value is -1.89.